The number of amides is 3. The topological polar surface area (TPSA) is 78.7 Å². The highest BCUT2D eigenvalue weighted by Crippen LogP contribution is 2.24. The van der Waals surface area contributed by atoms with Crippen LogP contribution >= 0.6 is 0 Å². The third-order valence-corrected chi connectivity index (χ3v) is 5.25. The highest BCUT2D eigenvalue weighted by Gasteiger charge is 2.32. The number of carbonyl (C=O) groups excluding carboxylic acids is 2. The van der Waals surface area contributed by atoms with Gasteiger partial charge in [-0.05, 0) is 25.3 Å². The molecule has 2 heterocycles. The molecule has 0 aromatic heterocycles. The number of likely N-dealkylation sites (tertiary alicyclic amines) is 2. The zero-order valence-corrected chi connectivity index (χ0v) is 14.1. The first-order valence-electron chi connectivity index (χ1n) is 8.68. The molecule has 2 saturated heterocycles. The van der Waals surface area contributed by atoms with E-state index in [0.29, 0.717) is 25.6 Å². The molecule has 0 saturated carbocycles. The molecule has 2 aliphatic rings. The molecule has 3 N–H and O–H groups in total. The van der Waals surface area contributed by atoms with Crippen LogP contribution in [0.4, 0.5) is 4.79 Å². The fourth-order valence-corrected chi connectivity index (χ4v) is 3.64. The van der Waals surface area contributed by atoms with Crippen LogP contribution in [0.25, 0.3) is 0 Å². The van der Waals surface area contributed by atoms with Crippen molar-refractivity contribution < 1.29 is 9.59 Å². The van der Waals surface area contributed by atoms with Crippen molar-refractivity contribution in [2.45, 2.75) is 31.8 Å². The second kappa shape index (κ2) is 7.21. The molecule has 1 aromatic rings. The maximum atomic E-state index is 12.4. The van der Waals surface area contributed by atoms with Crippen LogP contribution in [0.3, 0.4) is 0 Å². The minimum Gasteiger partial charge on any atom is -0.369 e. The summed E-state index contributed by atoms with van der Waals surface area (Å²) in [6, 6.07) is 10.9. The van der Waals surface area contributed by atoms with Gasteiger partial charge in [0.2, 0.25) is 5.91 Å². The highest BCUT2D eigenvalue weighted by molar-refractivity contribution is 5.80. The van der Waals surface area contributed by atoms with E-state index in [1.54, 1.807) is 4.90 Å². The number of benzene rings is 1. The van der Waals surface area contributed by atoms with Crippen molar-refractivity contribution in [2.24, 2.45) is 11.7 Å². The van der Waals surface area contributed by atoms with Gasteiger partial charge in [0.05, 0.1) is 5.92 Å². The summed E-state index contributed by atoms with van der Waals surface area (Å²) < 4.78 is 0. The van der Waals surface area contributed by atoms with E-state index in [4.69, 9.17) is 5.73 Å². The van der Waals surface area contributed by atoms with Crippen molar-refractivity contribution in [3.8, 4) is 0 Å². The van der Waals surface area contributed by atoms with E-state index < -0.39 is 0 Å². The second-order valence-electron chi connectivity index (χ2n) is 6.85. The van der Waals surface area contributed by atoms with E-state index in [1.807, 2.05) is 6.07 Å². The summed E-state index contributed by atoms with van der Waals surface area (Å²) in [6.07, 6.45) is 1.63. The summed E-state index contributed by atoms with van der Waals surface area (Å²) in [5, 5.41) is 3.11. The Hall–Kier alpha value is -2.08. The maximum absolute atomic E-state index is 12.4. The third-order valence-electron chi connectivity index (χ3n) is 5.25. The Kier molecular flexibility index (Phi) is 5.04. The molecule has 0 unspecified atom stereocenters. The first kappa shape index (κ1) is 16.8. The van der Waals surface area contributed by atoms with Crippen LogP contribution < -0.4 is 11.1 Å². The largest absolute Gasteiger partial charge is 0.369 e. The van der Waals surface area contributed by atoms with E-state index in [-0.39, 0.29) is 23.9 Å². The van der Waals surface area contributed by atoms with Gasteiger partial charge in [0.15, 0.2) is 0 Å². The molecule has 6 heteroatoms. The number of carbonyl (C=O) groups is 2. The monoisotopic (exact) mass is 330 g/mol. The van der Waals surface area contributed by atoms with Crippen molar-refractivity contribution in [3.05, 3.63) is 35.9 Å². The molecular weight excluding hydrogens is 304 g/mol. The van der Waals surface area contributed by atoms with Gasteiger partial charge in [-0.3, -0.25) is 9.69 Å². The zero-order chi connectivity index (χ0) is 17.1. The first-order valence-corrected chi connectivity index (χ1v) is 8.68. The maximum Gasteiger partial charge on any atom is 0.317 e. The van der Waals surface area contributed by atoms with Crippen LogP contribution in [0.1, 0.15) is 31.4 Å². The summed E-state index contributed by atoms with van der Waals surface area (Å²) in [7, 11) is 0. The van der Waals surface area contributed by atoms with Crippen LogP contribution in [0.2, 0.25) is 0 Å². The smallest absolute Gasteiger partial charge is 0.317 e. The average Bonchev–Trinajstić information content (AvgIpc) is 3.24. The fourth-order valence-electron chi connectivity index (χ4n) is 3.64. The first-order chi connectivity index (χ1) is 11.5. The van der Waals surface area contributed by atoms with Crippen LogP contribution in [0.5, 0.6) is 0 Å². The Balaban J connectivity index is 1.49. The number of nitrogens with two attached hydrogens (primary N) is 1. The highest BCUT2D eigenvalue weighted by atomic mass is 16.2. The number of primary amides is 1. The van der Waals surface area contributed by atoms with E-state index in [2.05, 4.69) is 41.4 Å². The van der Waals surface area contributed by atoms with Crippen LogP contribution in [-0.4, -0.2) is 54.0 Å². The van der Waals surface area contributed by atoms with Crippen molar-refractivity contribution in [1.82, 2.24) is 15.1 Å². The van der Waals surface area contributed by atoms with Gasteiger partial charge in [-0.2, -0.15) is 0 Å². The molecule has 2 fully saturated rings. The van der Waals surface area contributed by atoms with E-state index >= 15 is 0 Å². The number of nitrogens with one attached hydrogen (secondary N) is 1. The van der Waals surface area contributed by atoms with Gasteiger partial charge in [0.25, 0.3) is 0 Å². The summed E-state index contributed by atoms with van der Waals surface area (Å²) in [4.78, 5) is 27.7. The van der Waals surface area contributed by atoms with Crippen LogP contribution in [-0.2, 0) is 4.79 Å². The molecule has 0 spiro atoms. The fraction of sp³-hybridized carbons (Fsp3) is 0.556. The SMILES string of the molecule is C[C@H](c1ccccc1)N1CC[C@H](NC(=O)N2CC[C@H](C(N)=O)C2)C1. The van der Waals surface area contributed by atoms with Crippen molar-refractivity contribution >= 4 is 11.9 Å². The zero-order valence-electron chi connectivity index (χ0n) is 14.1. The number of hydrogen-bond acceptors (Lipinski definition) is 3. The predicted octanol–water partition coefficient (Wildman–Crippen LogP) is 1.34. The molecule has 6 nitrogen and oxygen atoms in total. The lowest BCUT2D eigenvalue weighted by Gasteiger charge is -2.25. The van der Waals surface area contributed by atoms with Crippen LogP contribution in [0, 0.1) is 5.92 Å². The molecule has 130 valence electrons. The van der Waals surface area contributed by atoms with E-state index in [0.717, 1.165) is 19.5 Å². The molecule has 3 rings (SSSR count). The molecule has 2 aliphatic heterocycles. The lowest BCUT2D eigenvalue weighted by molar-refractivity contribution is -0.121. The van der Waals surface area contributed by atoms with Gasteiger partial charge in [-0.15, -0.1) is 0 Å². The van der Waals surface area contributed by atoms with Gasteiger partial charge in [-0.1, -0.05) is 30.3 Å². The minimum atomic E-state index is -0.311. The normalized spacial score (nSPS) is 25.6. The Morgan fingerprint density at radius 2 is 1.92 bits per heavy atom. The van der Waals surface area contributed by atoms with Gasteiger partial charge in [-0.25, -0.2) is 4.79 Å². The summed E-state index contributed by atoms with van der Waals surface area (Å²) in [5.41, 5.74) is 6.63. The Labute approximate surface area is 143 Å². The summed E-state index contributed by atoms with van der Waals surface area (Å²) in [5.74, 6) is -0.511. The summed E-state index contributed by atoms with van der Waals surface area (Å²) >= 11 is 0. The molecule has 3 atom stereocenters. The van der Waals surface area contributed by atoms with Gasteiger partial charge in [0, 0.05) is 38.3 Å². The van der Waals surface area contributed by atoms with Gasteiger partial charge < -0.3 is 16.0 Å². The number of hydrogen-bond donors (Lipinski definition) is 2. The van der Waals surface area contributed by atoms with Crippen molar-refractivity contribution in [2.75, 3.05) is 26.2 Å². The Morgan fingerprint density at radius 3 is 2.58 bits per heavy atom. The van der Waals surface area contributed by atoms with Crippen molar-refractivity contribution in [3.63, 3.8) is 0 Å². The number of urea groups is 1. The second-order valence-corrected chi connectivity index (χ2v) is 6.85. The Bertz CT molecular complexity index is 592. The number of nitrogens with zero attached hydrogens (tertiary/aromatic N) is 2. The van der Waals surface area contributed by atoms with E-state index in [9.17, 15) is 9.59 Å². The van der Waals surface area contributed by atoms with Crippen LogP contribution in [0.15, 0.2) is 30.3 Å². The lowest BCUT2D eigenvalue weighted by atomic mass is 10.1. The molecule has 0 bridgehead atoms. The van der Waals surface area contributed by atoms with Gasteiger partial charge >= 0.3 is 6.03 Å². The quantitative estimate of drug-likeness (QED) is 0.874. The average molecular weight is 330 g/mol. The van der Waals surface area contributed by atoms with E-state index in [1.165, 1.54) is 5.56 Å². The predicted molar refractivity (Wildman–Crippen MR) is 92.2 cm³/mol. The molecule has 1 aromatic carbocycles. The minimum absolute atomic E-state index is 0.0713. The Morgan fingerprint density at radius 1 is 1.17 bits per heavy atom. The lowest BCUT2D eigenvalue weighted by Crippen LogP contribution is -2.45. The molecule has 3 amide bonds. The molecule has 24 heavy (non-hydrogen) atoms. The third kappa shape index (κ3) is 3.70. The summed E-state index contributed by atoms with van der Waals surface area (Å²) in [6.45, 7) is 5.09. The molecular formula is C18H26N4O2. The molecule has 0 radical (unpaired) electrons. The van der Waals surface area contributed by atoms with Crippen molar-refractivity contribution in [1.29, 1.82) is 0 Å². The number of rotatable bonds is 4. The van der Waals surface area contributed by atoms with Gasteiger partial charge in [0.1, 0.15) is 0 Å². The standard InChI is InChI=1S/C18H26N4O2/c1-13(14-5-3-2-4-6-14)21-10-8-16(12-21)20-18(24)22-9-7-15(11-22)17(19)23/h2-6,13,15-16H,7-12H2,1H3,(H2,19,23)(H,20,24)/t13-,15+,16+/m1/s1. The molecule has 0 aliphatic carbocycles.